The summed E-state index contributed by atoms with van der Waals surface area (Å²) in [6, 6.07) is 29.6. The number of nitrogens with zero attached hydrogens (tertiary/aromatic N) is 1. The van der Waals surface area contributed by atoms with Gasteiger partial charge in [-0.2, -0.15) is 0 Å². The smallest absolute Gasteiger partial charge is 0.417 e. The highest BCUT2D eigenvalue weighted by Gasteiger charge is 2.56. The number of imide groups is 1. The van der Waals surface area contributed by atoms with Crippen LogP contribution in [0.1, 0.15) is 47.1 Å². The second kappa shape index (κ2) is 11.5. The van der Waals surface area contributed by atoms with E-state index in [0.717, 1.165) is 15.9 Å². The lowest BCUT2D eigenvalue weighted by atomic mass is 9.99. The van der Waals surface area contributed by atoms with Crippen molar-refractivity contribution >= 4 is 30.7 Å². The molecule has 2 atom stereocenters. The normalized spacial score (nSPS) is 18.0. The third-order valence-electron chi connectivity index (χ3n) is 6.91. The molecule has 4 rings (SSSR count). The average molecular weight is 546 g/mol. The molecule has 39 heavy (non-hydrogen) atoms. The van der Waals surface area contributed by atoms with Crippen LogP contribution in [0.15, 0.2) is 91.0 Å². The average Bonchev–Trinajstić information content (AvgIpc) is 2.88. The molecule has 206 valence electrons. The lowest BCUT2D eigenvalue weighted by Gasteiger charge is -2.48. The van der Waals surface area contributed by atoms with Gasteiger partial charge >= 0.3 is 6.09 Å². The van der Waals surface area contributed by atoms with E-state index in [9.17, 15) is 9.59 Å². The molecule has 0 aliphatic carbocycles. The molecule has 6 nitrogen and oxygen atoms in total. The maximum atomic E-state index is 13.2. The van der Waals surface area contributed by atoms with Crippen molar-refractivity contribution in [3.05, 3.63) is 96.6 Å². The van der Waals surface area contributed by atoms with E-state index < -0.39 is 38.1 Å². The van der Waals surface area contributed by atoms with E-state index in [4.69, 9.17) is 13.9 Å². The first-order chi connectivity index (χ1) is 18.4. The van der Waals surface area contributed by atoms with Crippen LogP contribution in [-0.2, 0) is 25.3 Å². The minimum Gasteiger partial charge on any atom is -0.443 e. The first-order valence-corrected chi connectivity index (χ1v) is 15.3. The molecule has 0 spiro atoms. The van der Waals surface area contributed by atoms with E-state index in [1.807, 2.05) is 66.7 Å². The molecule has 0 aromatic heterocycles. The van der Waals surface area contributed by atoms with Gasteiger partial charge in [-0.15, -0.1) is 0 Å². The lowest BCUT2D eigenvalue weighted by molar-refractivity contribution is -0.175. The molecule has 0 bridgehead atoms. The minimum absolute atomic E-state index is 0.137. The summed E-state index contributed by atoms with van der Waals surface area (Å²) < 4.78 is 18.8. The van der Waals surface area contributed by atoms with Gasteiger partial charge in [0.2, 0.25) is 0 Å². The van der Waals surface area contributed by atoms with Crippen molar-refractivity contribution in [1.82, 2.24) is 4.90 Å². The molecule has 1 saturated heterocycles. The fourth-order valence-corrected chi connectivity index (χ4v) is 9.71. The molecule has 7 heteroatoms. The van der Waals surface area contributed by atoms with Crippen molar-refractivity contribution < 1.29 is 23.5 Å². The predicted octanol–water partition coefficient (Wildman–Crippen LogP) is 5.29. The Bertz CT molecular complexity index is 1210. The topological polar surface area (TPSA) is 65.1 Å². The van der Waals surface area contributed by atoms with Crippen molar-refractivity contribution in [2.24, 2.45) is 0 Å². The Kier molecular flexibility index (Phi) is 8.44. The minimum atomic E-state index is -2.89. The number of carbonyl (C=O) groups is 2. The van der Waals surface area contributed by atoms with Crippen LogP contribution >= 0.6 is 0 Å². The van der Waals surface area contributed by atoms with E-state index >= 15 is 0 Å². The number of rotatable bonds is 8. The summed E-state index contributed by atoms with van der Waals surface area (Å²) in [5.74, 6) is -0.406. The Morgan fingerprint density at radius 3 is 1.74 bits per heavy atom. The fraction of sp³-hybridized carbons (Fsp3) is 0.375. The molecule has 2 amide bonds. The first-order valence-electron chi connectivity index (χ1n) is 13.4. The van der Waals surface area contributed by atoms with Gasteiger partial charge in [0.15, 0.2) is 6.10 Å². The number of β-lactam (4-membered cyclic amide) rings is 1. The van der Waals surface area contributed by atoms with Gasteiger partial charge in [-0.3, -0.25) is 4.79 Å². The van der Waals surface area contributed by atoms with Crippen molar-refractivity contribution in [2.75, 3.05) is 6.61 Å². The van der Waals surface area contributed by atoms with Crippen LogP contribution in [0.25, 0.3) is 0 Å². The maximum Gasteiger partial charge on any atom is 0.417 e. The second-order valence-electron chi connectivity index (χ2n) is 11.9. The third kappa shape index (κ3) is 6.16. The Hall–Kier alpha value is -3.26. The van der Waals surface area contributed by atoms with E-state index in [0.29, 0.717) is 0 Å². The number of hydrogen-bond acceptors (Lipinski definition) is 5. The number of likely N-dealkylation sites (tertiary alicyclic amines) is 1. The summed E-state index contributed by atoms with van der Waals surface area (Å²) in [7, 11) is -2.89. The van der Waals surface area contributed by atoms with Crippen LogP contribution in [0.3, 0.4) is 0 Å². The maximum absolute atomic E-state index is 13.2. The van der Waals surface area contributed by atoms with Gasteiger partial charge < -0.3 is 13.9 Å². The molecule has 0 N–H and O–H groups in total. The quantitative estimate of drug-likeness (QED) is 0.284. The van der Waals surface area contributed by atoms with E-state index in [2.05, 4.69) is 45.0 Å². The summed E-state index contributed by atoms with van der Waals surface area (Å²) in [5, 5.41) is 2.00. The highest BCUT2D eigenvalue weighted by atomic mass is 28.4. The zero-order valence-electron chi connectivity index (χ0n) is 23.7. The Morgan fingerprint density at radius 2 is 1.28 bits per heavy atom. The summed E-state index contributed by atoms with van der Waals surface area (Å²) in [5.41, 5.74) is 0.212. The van der Waals surface area contributed by atoms with E-state index in [1.165, 1.54) is 4.90 Å². The Morgan fingerprint density at radius 1 is 0.795 bits per heavy atom. The fourth-order valence-electron chi connectivity index (χ4n) is 5.13. The molecule has 0 radical (unpaired) electrons. The lowest BCUT2D eigenvalue weighted by Crippen LogP contribution is -2.72. The van der Waals surface area contributed by atoms with Gasteiger partial charge in [-0.25, -0.2) is 9.69 Å². The standard InChI is InChI=1S/C32H39NO5Si/c1-31(2,3)38-30(35)33-27(28(29(33)34)36-22-24-16-10-7-11-17-24)23-37-39(32(4,5)6,25-18-12-8-13-19-25)26-20-14-9-15-21-26/h7-21,27-28H,22-23H2,1-6H3/t27-,28+/m0/s1. The Balaban J connectivity index is 1.68. The van der Waals surface area contributed by atoms with Crippen molar-refractivity contribution in [3.63, 3.8) is 0 Å². The first kappa shape index (κ1) is 28.7. The van der Waals surface area contributed by atoms with Crippen molar-refractivity contribution in [3.8, 4) is 0 Å². The van der Waals surface area contributed by atoms with Crippen LogP contribution in [0.4, 0.5) is 4.79 Å². The Labute approximate surface area is 233 Å². The highest BCUT2D eigenvalue weighted by molar-refractivity contribution is 6.99. The molecule has 1 heterocycles. The number of carbonyl (C=O) groups excluding carboxylic acids is 2. The number of ether oxygens (including phenoxy) is 2. The molecule has 3 aromatic rings. The van der Waals surface area contributed by atoms with Crippen molar-refractivity contribution in [2.45, 2.75) is 70.9 Å². The monoisotopic (exact) mass is 545 g/mol. The largest absolute Gasteiger partial charge is 0.443 e. The summed E-state index contributed by atoms with van der Waals surface area (Å²) >= 11 is 0. The summed E-state index contributed by atoms with van der Waals surface area (Å²) in [4.78, 5) is 27.5. The molecule has 3 aromatic carbocycles. The predicted molar refractivity (Wildman–Crippen MR) is 155 cm³/mol. The van der Waals surface area contributed by atoms with Gasteiger partial charge in [0.1, 0.15) is 11.6 Å². The molecule has 1 aliphatic heterocycles. The SMILES string of the molecule is CC(C)(C)OC(=O)N1C(=O)[C@H](OCc2ccccc2)[C@@H]1CO[Si](c1ccccc1)(c1ccccc1)C(C)(C)C. The summed E-state index contributed by atoms with van der Waals surface area (Å²) in [6.07, 6.45) is -1.49. The highest BCUT2D eigenvalue weighted by Crippen LogP contribution is 2.38. The van der Waals surface area contributed by atoms with Gasteiger partial charge in [-0.1, -0.05) is 112 Å². The van der Waals surface area contributed by atoms with Crippen LogP contribution in [0, 0.1) is 0 Å². The van der Waals surface area contributed by atoms with Gasteiger partial charge in [0.25, 0.3) is 14.2 Å². The molecule has 1 aliphatic rings. The van der Waals surface area contributed by atoms with Crippen LogP contribution in [0.2, 0.25) is 5.04 Å². The van der Waals surface area contributed by atoms with Gasteiger partial charge in [0, 0.05) is 0 Å². The molecule has 1 fully saturated rings. The van der Waals surface area contributed by atoms with Crippen molar-refractivity contribution in [1.29, 1.82) is 0 Å². The van der Waals surface area contributed by atoms with Crippen LogP contribution < -0.4 is 10.4 Å². The van der Waals surface area contributed by atoms with E-state index in [1.54, 1.807) is 20.8 Å². The van der Waals surface area contributed by atoms with Crippen LogP contribution in [0.5, 0.6) is 0 Å². The van der Waals surface area contributed by atoms with Gasteiger partial charge in [0.05, 0.1) is 13.2 Å². The molecular weight excluding hydrogens is 506 g/mol. The number of hydrogen-bond donors (Lipinski definition) is 0. The molecule has 0 saturated carbocycles. The molecule has 0 unspecified atom stereocenters. The van der Waals surface area contributed by atoms with Gasteiger partial charge in [-0.05, 0) is 41.7 Å². The zero-order valence-corrected chi connectivity index (χ0v) is 24.7. The number of amides is 2. The number of benzene rings is 3. The van der Waals surface area contributed by atoms with E-state index in [-0.39, 0.29) is 18.3 Å². The zero-order chi connectivity index (χ0) is 28.3. The second-order valence-corrected chi connectivity index (χ2v) is 16.3. The van der Waals surface area contributed by atoms with Crippen LogP contribution in [-0.4, -0.2) is 49.6 Å². The third-order valence-corrected chi connectivity index (χ3v) is 11.9. The molecular formula is C32H39NO5Si. The summed E-state index contributed by atoms with van der Waals surface area (Å²) in [6.45, 7) is 12.3.